The minimum atomic E-state index is -2.08. The van der Waals surface area contributed by atoms with Crippen LogP contribution in [0.5, 0.6) is 0 Å². The molecule has 2 rings (SSSR count). The van der Waals surface area contributed by atoms with Gasteiger partial charge in [0.2, 0.25) is 11.8 Å². The largest absolute Gasteiger partial charge is 0.479 e. The van der Waals surface area contributed by atoms with Crippen molar-refractivity contribution in [3.05, 3.63) is 35.9 Å². The molecule has 1 aliphatic rings. The first kappa shape index (κ1) is 17.9. The number of aliphatic carboxylic acids is 1. The van der Waals surface area contributed by atoms with Crippen LogP contribution in [0.3, 0.4) is 0 Å². The van der Waals surface area contributed by atoms with E-state index in [1.807, 2.05) is 30.3 Å². The first-order valence-corrected chi connectivity index (χ1v) is 7.46. The van der Waals surface area contributed by atoms with Crippen molar-refractivity contribution in [3.8, 4) is 0 Å². The van der Waals surface area contributed by atoms with Gasteiger partial charge < -0.3 is 25.2 Å². The average Bonchev–Trinajstić information content (AvgIpc) is 2.55. The predicted molar refractivity (Wildman–Crippen MR) is 82.9 cm³/mol. The Kier molecular flexibility index (Phi) is 5.53. The SMILES string of the molecule is CC(O)(CNC(=O)[C@H]1COCC(=O)N1Cc1ccccc1)C(=O)O. The summed E-state index contributed by atoms with van der Waals surface area (Å²) >= 11 is 0. The average molecular weight is 336 g/mol. The number of amides is 2. The molecule has 1 aromatic carbocycles. The van der Waals surface area contributed by atoms with Gasteiger partial charge in [0, 0.05) is 6.54 Å². The Balaban J connectivity index is 2.06. The van der Waals surface area contributed by atoms with Crippen LogP contribution in [0, 0.1) is 0 Å². The van der Waals surface area contributed by atoms with Crippen LogP contribution in [0.25, 0.3) is 0 Å². The molecule has 1 aromatic rings. The van der Waals surface area contributed by atoms with Gasteiger partial charge in [0.1, 0.15) is 12.6 Å². The van der Waals surface area contributed by atoms with Crippen LogP contribution >= 0.6 is 0 Å². The van der Waals surface area contributed by atoms with Crippen molar-refractivity contribution in [2.75, 3.05) is 19.8 Å². The third-order valence-corrected chi connectivity index (χ3v) is 3.76. The minimum Gasteiger partial charge on any atom is -0.479 e. The van der Waals surface area contributed by atoms with Crippen molar-refractivity contribution in [1.82, 2.24) is 10.2 Å². The fraction of sp³-hybridized carbons (Fsp3) is 0.438. The number of benzene rings is 1. The van der Waals surface area contributed by atoms with Crippen molar-refractivity contribution < 1.29 is 29.3 Å². The number of carbonyl (C=O) groups is 3. The summed E-state index contributed by atoms with van der Waals surface area (Å²) in [5.74, 6) is -2.34. The summed E-state index contributed by atoms with van der Waals surface area (Å²) in [4.78, 5) is 36.7. The van der Waals surface area contributed by atoms with Crippen LogP contribution in [-0.4, -0.2) is 64.3 Å². The normalized spacial score (nSPS) is 20.3. The number of rotatable bonds is 6. The molecule has 0 aliphatic carbocycles. The minimum absolute atomic E-state index is 0.0135. The maximum atomic E-state index is 12.3. The molecular weight excluding hydrogens is 316 g/mol. The fourth-order valence-corrected chi connectivity index (χ4v) is 2.25. The van der Waals surface area contributed by atoms with Gasteiger partial charge in [-0.3, -0.25) is 9.59 Å². The van der Waals surface area contributed by atoms with Crippen LogP contribution in [0.4, 0.5) is 0 Å². The van der Waals surface area contributed by atoms with Crippen LogP contribution in [-0.2, 0) is 25.7 Å². The number of hydrogen-bond donors (Lipinski definition) is 3. The second-order valence-electron chi connectivity index (χ2n) is 5.83. The van der Waals surface area contributed by atoms with Crippen molar-refractivity contribution in [2.24, 2.45) is 0 Å². The van der Waals surface area contributed by atoms with E-state index in [9.17, 15) is 19.5 Å². The zero-order chi connectivity index (χ0) is 17.7. The van der Waals surface area contributed by atoms with Gasteiger partial charge >= 0.3 is 5.97 Å². The molecule has 0 spiro atoms. The molecule has 1 fully saturated rings. The summed E-state index contributed by atoms with van der Waals surface area (Å²) in [6, 6.07) is 8.32. The summed E-state index contributed by atoms with van der Waals surface area (Å²) in [6.45, 7) is 0.768. The smallest absolute Gasteiger partial charge is 0.337 e. The van der Waals surface area contributed by atoms with Gasteiger partial charge in [0.25, 0.3) is 0 Å². The van der Waals surface area contributed by atoms with E-state index in [0.29, 0.717) is 0 Å². The van der Waals surface area contributed by atoms with E-state index >= 15 is 0 Å². The first-order valence-electron chi connectivity index (χ1n) is 7.46. The molecule has 0 radical (unpaired) electrons. The molecule has 1 heterocycles. The van der Waals surface area contributed by atoms with E-state index in [-0.39, 0.29) is 25.7 Å². The standard InChI is InChI=1S/C16H20N2O6/c1-16(23,15(21)22)10-17-14(20)12-8-24-9-13(19)18(12)7-11-5-3-2-4-6-11/h2-6,12,23H,7-10H2,1H3,(H,17,20)(H,21,22)/t12-,16?/m1/s1. The molecule has 1 unspecified atom stereocenters. The van der Waals surface area contributed by atoms with E-state index in [1.165, 1.54) is 4.90 Å². The third kappa shape index (κ3) is 4.30. The Hall–Kier alpha value is -2.45. The van der Waals surface area contributed by atoms with Crippen LogP contribution in [0.2, 0.25) is 0 Å². The summed E-state index contributed by atoms with van der Waals surface area (Å²) in [7, 11) is 0. The first-order chi connectivity index (χ1) is 11.3. The lowest BCUT2D eigenvalue weighted by Crippen LogP contribution is -2.58. The Morgan fingerprint density at radius 1 is 1.38 bits per heavy atom. The molecule has 2 amide bonds. The number of morpholine rings is 1. The highest BCUT2D eigenvalue weighted by Gasteiger charge is 2.36. The molecule has 0 saturated carbocycles. The summed E-state index contributed by atoms with van der Waals surface area (Å²) in [5, 5.41) is 20.9. The zero-order valence-electron chi connectivity index (χ0n) is 13.3. The van der Waals surface area contributed by atoms with E-state index in [0.717, 1.165) is 12.5 Å². The summed E-state index contributed by atoms with van der Waals surface area (Å²) in [6.07, 6.45) is 0. The monoisotopic (exact) mass is 336 g/mol. The van der Waals surface area contributed by atoms with Crippen LogP contribution < -0.4 is 5.32 Å². The number of carboxylic acids is 1. The lowest BCUT2D eigenvalue weighted by molar-refractivity contribution is -0.159. The van der Waals surface area contributed by atoms with Crippen LogP contribution in [0.15, 0.2) is 30.3 Å². The third-order valence-electron chi connectivity index (χ3n) is 3.76. The van der Waals surface area contributed by atoms with Crippen molar-refractivity contribution in [2.45, 2.75) is 25.1 Å². The maximum absolute atomic E-state index is 12.3. The molecule has 8 heteroatoms. The molecule has 130 valence electrons. The van der Waals surface area contributed by atoms with Crippen molar-refractivity contribution >= 4 is 17.8 Å². The Labute approximate surface area is 139 Å². The number of hydrogen-bond acceptors (Lipinski definition) is 5. The number of carboxylic acid groups (broad SMARTS) is 1. The second-order valence-corrected chi connectivity index (χ2v) is 5.83. The molecule has 24 heavy (non-hydrogen) atoms. The molecule has 8 nitrogen and oxygen atoms in total. The topological polar surface area (TPSA) is 116 Å². The van der Waals surface area contributed by atoms with Gasteiger partial charge in [-0.05, 0) is 12.5 Å². The number of aliphatic hydroxyl groups is 1. The summed E-state index contributed by atoms with van der Waals surface area (Å²) < 4.78 is 5.13. The van der Waals surface area contributed by atoms with Gasteiger partial charge in [0.15, 0.2) is 5.60 Å². The zero-order valence-corrected chi connectivity index (χ0v) is 13.3. The van der Waals surface area contributed by atoms with Gasteiger partial charge in [-0.1, -0.05) is 30.3 Å². The highest BCUT2D eigenvalue weighted by atomic mass is 16.5. The second kappa shape index (κ2) is 7.41. The van der Waals surface area contributed by atoms with Crippen LogP contribution in [0.1, 0.15) is 12.5 Å². The maximum Gasteiger partial charge on any atom is 0.337 e. The Morgan fingerprint density at radius 2 is 2.04 bits per heavy atom. The Bertz CT molecular complexity index is 616. The highest BCUT2D eigenvalue weighted by molar-refractivity contribution is 5.89. The fourth-order valence-electron chi connectivity index (χ4n) is 2.25. The molecule has 2 atom stereocenters. The molecule has 1 aliphatic heterocycles. The lowest BCUT2D eigenvalue weighted by Gasteiger charge is -2.35. The molecular formula is C16H20N2O6. The quantitative estimate of drug-likeness (QED) is 0.637. The van der Waals surface area contributed by atoms with Crippen molar-refractivity contribution in [3.63, 3.8) is 0 Å². The number of ether oxygens (including phenoxy) is 1. The molecule has 1 saturated heterocycles. The van der Waals surface area contributed by atoms with Gasteiger partial charge in [-0.15, -0.1) is 0 Å². The molecule has 0 bridgehead atoms. The number of nitrogens with zero attached hydrogens (tertiary/aromatic N) is 1. The number of carbonyl (C=O) groups excluding carboxylic acids is 2. The van der Waals surface area contributed by atoms with Gasteiger partial charge in [-0.2, -0.15) is 0 Å². The molecule has 0 aromatic heterocycles. The number of nitrogens with one attached hydrogen (secondary N) is 1. The molecule has 3 N–H and O–H groups in total. The van der Waals surface area contributed by atoms with Crippen molar-refractivity contribution in [1.29, 1.82) is 0 Å². The van der Waals surface area contributed by atoms with E-state index in [1.54, 1.807) is 0 Å². The highest BCUT2D eigenvalue weighted by Crippen LogP contribution is 2.14. The van der Waals surface area contributed by atoms with E-state index in [4.69, 9.17) is 9.84 Å². The Morgan fingerprint density at radius 3 is 2.67 bits per heavy atom. The van der Waals surface area contributed by atoms with Gasteiger partial charge in [-0.25, -0.2) is 4.79 Å². The summed E-state index contributed by atoms with van der Waals surface area (Å²) in [5.41, 5.74) is -1.22. The predicted octanol–water partition coefficient (Wildman–Crippen LogP) is -0.634. The van der Waals surface area contributed by atoms with E-state index < -0.39 is 30.1 Å². The van der Waals surface area contributed by atoms with Gasteiger partial charge in [0.05, 0.1) is 13.2 Å². The lowest BCUT2D eigenvalue weighted by atomic mass is 10.1. The van der Waals surface area contributed by atoms with E-state index in [2.05, 4.69) is 5.32 Å².